The van der Waals surface area contributed by atoms with Crippen LogP contribution >= 0.6 is 11.3 Å². The van der Waals surface area contributed by atoms with Gasteiger partial charge in [-0.15, -0.1) is 0 Å². The summed E-state index contributed by atoms with van der Waals surface area (Å²) in [4.78, 5) is 28.9. The highest BCUT2D eigenvalue weighted by Gasteiger charge is 2.16. The Hall–Kier alpha value is -2.65. The van der Waals surface area contributed by atoms with Crippen LogP contribution in [0.2, 0.25) is 0 Å². The van der Waals surface area contributed by atoms with Gasteiger partial charge in [0.05, 0.1) is 25.1 Å². The summed E-state index contributed by atoms with van der Waals surface area (Å²) in [6.07, 6.45) is 0. The molecule has 1 heterocycles. The molecule has 1 aromatic heterocycles. The Kier molecular flexibility index (Phi) is 6.72. The van der Waals surface area contributed by atoms with E-state index in [1.807, 2.05) is 0 Å². The molecule has 2 aromatic rings. The highest BCUT2D eigenvalue weighted by atomic mass is 32.1. The van der Waals surface area contributed by atoms with Crippen molar-refractivity contribution in [3.63, 3.8) is 0 Å². The SMILES string of the molecule is COCCNC(=O)c1sc(NC(=O)Nc2ccccc2OC)nc1C. The fourth-order valence-corrected chi connectivity index (χ4v) is 2.88. The lowest BCUT2D eigenvalue weighted by molar-refractivity contribution is 0.0940. The first kappa shape index (κ1) is 18.7. The molecular weight excluding hydrogens is 344 g/mol. The first-order valence-electron chi connectivity index (χ1n) is 7.50. The number of methoxy groups -OCH3 is 2. The molecule has 0 radical (unpaired) electrons. The van der Waals surface area contributed by atoms with E-state index in [0.29, 0.717) is 40.3 Å². The van der Waals surface area contributed by atoms with Gasteiger partial charge in [-0.1, -0.05) is 23.5 Å². The summed E-state index contributed by atoms with van der Waals surface area (Å²) in [6.45, 7) is 2.55. The van der Waals surface area contributed by atoms with Crippen molar-refractivity contribution in [3.8, 4) is 5.75 Å². The number of amides is 3. The summed E-state index contributed by atoms with van der Waals surface area (Å²) in [5, 5.41) is 8.37. The number of thiazole rings is 1. The van der Waals surface area contributed by atoms with Crippen LogP contribution in [0.5, 0.6) is 5.75 Å². The Morgan fingerprint density at radius 1 is 1.20 bits per heavy atom. The predicted octanol–water partition coefficient (Wildman–Crippen LogP) is 2.48. The Morgan fingerprint density at radius 2 is 1.96 bits per heavy atom. The number of anilines is 2. The van der Waals surface area contributed by atoms with Crippen molar-refractivity contribution < 1.29 is 19.1 Å². The highest BCUT2D eigenvalue weighted by Crippen LogP contribution is 2.25. The molecule has 0 aliphatic rings. The molecule has 1 aromatic carbocycles. The van der Waals surface area contributed by atoms with Crippen molar-refractivity contribution in [1.29, 1.82) is 0 Å². The molecule has 0 aliphatic heterocycles. The summed E-state index contributed by atoms with van der Waals surface area (Å²) in [5.41, 5.74) is 1.08. The summed E-state index contributed by atoms with van der Waals surface area (Å²) < 4.78 is 10.1. The van der Waals surface area contributed by atoms with Crippen molar-refractivity contribution in [3.05, 3.63) is 34.8 Å². The van der Waals surface area contributed by atoms with E-state index in [1.54, 1.807) is 38.3 Å². The zero-order valence-electron chi connectivity index (χ0n) is 14.2. The van der Waals surface area contributed by atoms with Gasteiger partial charge in [0.25, 0.3) is 5.91 Å². The molecule has 9 heteroatoms. The summed E-state index contributed by atoms with van der Waals surface area (Å²) in [5.74, 6) is 0.302. The van der Waals surface area contributed by atoms with Crippen LogP contribution in [0.1, 0.15) is 15.4 Å². The van der Waals surface area contributed by atoms with Crippen molar-refractivity contribution in [2.24, 2.45) is 0 Å². The van der Waals surface area contributed by atoms with Gasteiger partial charge in [-0.2, -0.15) is 0 Å². The van der Waals surface area contributed by atoms with Gasteiger partial charge in [-0.25, -0.2) is 9.78 Å². The van der Waals surface area contributed by atoms with Gasteiger partial charge in [-0.05, 0) is 19.1 Å². The fraction of sp³-hybridized carbons (Fsp3) is 0.312. The number of rotatable bonds is 7. The molecule has 0 aliphatic carbocycles. The van der Waals surface area contributed by atoms with E-state index in [9.17, 15) is 9.59 Å². The van der Waals surface area contributed by atoms with Gasteiger partial charge >= 0.3 is 6.03 Å². The minimum Gasteiger partial charge on any atom is -0.495 e. The van der Waals surface area contributed by atoms with Crippen LogP contribution < -0.4 is 20.7 Å². The van der Waals surface area contributed by atoms with Gasteiger partial charge in [-0.3, -0.25) is 10.1 Å². The Labute approximate surface area is 149 Å². The second kappa shape index (κ2) is 9.00. The number of nitrogens with one attached hydrogen (secondary N) is 3. The van der Waals surface area contributed by atoms with Crippen LogP contribution in [0, 0.1) is 6.92 Å². The molecule has 3 amide bonds. The Balaban J connectivity index is 1.99. The quantitative estimate of drug-likeness (QED) is 0.655. The number of benzene rings is 1. The molecule has 0 fully saturated rings. The van der Waals surface area contributed by atoms with Crippen molar-refractivity contribution in [1.82, 2.24) is 10.3 Å². The van der Waals surface area contributed by atoms with Crippen LogP contribution in [0.15, 0.2) is 24.3 Å². The van der Waals surface area contributed by atoms with Crippen molar-refractivity contribution >= 4 is 34.1 Å². The molecule has 0 saturated carbocycles. The number of carbonyl (C=O) groups is 2. The minimum absolute atomic E-state index is 0.245. The number of hydrogen-bond acceptors (Lipinski definition) is 6. The molecule has 0 saturated heterocycles. The van der Waals surface area contributed by atoms with Crippen LogP contribution in [0.3, 0.4) is 0 Å². The molecule has 8 nitrogen and oxygen atoms in total. The van der Waals surface area contributed by atoms with Crippen LogP contribution in [-0.4, -0.2) is 44.3 Å². The van der Waals surface area contributed by atoms with Gasteiger partial charge in [0.1, 0.15) is 10.6 Å². The standard InChI is InChI=1S/C16H20N4O4S/c1-10-13(14(21)17-8-9-23-2)25-16(18-10)20-15(22)19-11-6-4-5-7-12(11)24-3/h4-7H,8-9H2,1-3H3,(H,17,21)(H2,18,19,20,22). The molecule has 2 rings (SSSR count). The maximum atomic E-state index is 12.1. The lowest BCUT2D eigenvalue weighted by Crippen LogP contribution is -2.26. The van der Waals surface area contributed by atoms with E-state index < -0.39 is 6.03 Å². The molecule has 25 heavy (non-hydrogen) atoms. The van der Waals surface area contributed by atoms with Crippen LogP contribution in [0.4, 0.5) is 15.6 Å². The van der Waals surface area contributed by atoms with Crippen LogP contribution in [-0.2, 0) is 4.74 Å². The lowest BCUT2D eigenvalue weighted by atomic mass is 10.3. The monoisotopic (exact) mass is 364 g/mol. The smallest absolute Gasteiger partial charge is 0.325 e. The Bertz CT molecular complexity index is 747. The number of carbonyl (C=O) groups excluding carboxylic acids is 2. The fourth-order valence-electron chi connectivity index (χ4n) is 2.01. The van der Waals surface area contributed by atoms with Gasteiger partial charge in [0.2, 0.25) is 0 Å². The third-order valence-electron chi connectivity index (χ3n) is 3.17. The first-order valence-corrected chi connectivity index (χ1v) is 8.32. The van der Waals surface area contributed by atoms with Crippen molar-refractivity contribution in [2.45, 2.75) is 6.92 Å². The second-order valence-electron chi connectivity index (χ2n) is 4.96. The van der Waals surface area contributed by atoms with E-state index in [1.165, 1.54) is 7.11 Å². The minimum atomic E-state index is -0.468. The van der Waals surface area contributed by atoms with E-state index in [2.05, 4.69) is 20.9 Å². The first-order chi connectivity index (χ1) is 12.0. The zero-order valence-corrected chi connectivity index (χ0v) is 15.0. The normalized spacial score (nSPS) is 10.2. The maximum Gasteiger partial charge on any atom is 0.325 e. The van der Waals surface area contributed by atoms with E-state index in [-0.39, 0.29) is 5.91 Å². The average Bonchev–Trinajstić information content (AvgIpc) is 2.95. The number of para-hydroxylation sites is 2. The van der Waals surface area contributed by atoms with E-state index in [4.69, 9.17) is 9.47 Å². The van der Waals surface area contributed by atoms with Gasteiger partial charge in [0, 0.05) is 13.7 Å². The van der Waals surface area contributed by atoms with Gasteiger partial charge < -0.3 is 20.1 Å². The number of aryl methyl sites for hydroxylation is 1. The second-order valence-corrected chi connectivity index (χ2v) is 5.96. The van der Waals surface area contributed by atoms with Crippen LogP contribution in [0.25, 0.3) is 0 Å². The van der Waals surface area contributed by atoms with E-state index >= 15 is 0 Å². The molecule has 134 valence electrons. The maximum absolute atomic E-state index is 12.1. The van der Waals surface area contributed by atoms with Gasteiger partial charge in [0.15, 0.2) is 5.13 Å². The summed E-state index contributed by atoms with van der Waals surface area (Å²) in [6, 6.07) is 6.59. The number of nitrogens with zero attached hydrogens (tertiary/aromatic N) is 1. The number of urea groups is 1. The summed E-state index contributed by atoms with van der Waals surface area (Å²) >= 11 is 1.11. The molecule has 0 spiro atoms. The third-order valence-corrected chi connectivity index (χ3v) is 4.24. The average molecular weight is 364 g/mol. The van der Waals surface area contributed by atoms with Crippen molar-refractivity contribution in [2.75, 3.05) is 38.0 Å². The Morgan fingerprint density at radius 3 is 2.68 bits per heavy atom. The molecule has 0 bridgehead atoms. The summed E-state index contributed by atoms with van der Waals surface area (Å²) in [7, 11) is 3.09. The lowest BCUT2D eigenvalue weighted by Gasteiger charge is -2.09. The highest BCUT2D eigenvalue weighted by molar-refractivity contribution is 7.17. The molecular formula is C16H20N4O4S. The number of ether oxygens (including phenoxy) is 2. The zero-order chi connectivity index (χ0) is 18.2. The number of aromatic nitrogens is 1. The molecule has 0 atom stereocenters. The molecule has 0 unspecified atom stereocenters. The predicted molar refractivity (Wildman–Crippen MR) is 96.7 cm³/mol. The molecule has 3 N–H and O–H groups in total. The largest absolute Gasteiger partial charge is 0.495 e. The topological polar surface area (TPSA) is 102 Å². The van der Waals surface area contributed by atoms with E-state index in [0.717, 1.165) is 11.3 Å². The third kappa shape index (κ3) is 5.16. The number of hydrogen-bond donors (Lipinski definition) is 3.